The Labute approximate surface area is 138 Å². The lowest BCUT2D eigenvalue weighted by Crippen LogP contribution is -2.35. The largest absolute Gasteiger partial charge is 0.369 e. The van der Waals surface area contributed by atoms with Gasteiger partial charge in [-0.15, -0.1) is 0 Å². The molecular formula is C13H34N4O6. The van der Waals surface area contributed by atoms with Crippen molar-refractivity contribution in [2.45, 2.75) is 58.3 Å². The van der Waals surface area contributed by atoms with Crippen LogP contribution < -0.4 is 6.15 Å². The van der Waals surface area contributed by atoms with Gasteiger partial charge in [0.15, 0.2) is 0 Å². The third-order valence-corrected chi connectivity index (χ3v) is 2.68. The summed E-state index contributed by atoms with van der Waals surface area (Å²) < 4.78 is 1.12. The highest BCUT2D eigenvalue weighted by atomic mass is 16.9. The highest BCUT2D eigenvalue weighted by Crippen LogP contribution is 2.09. The van der Waals surface area contributed by atoms with Crippen LogP contribution in [0.25, 0.3) is 0 Å². The Morgan fingerprint density at radius 3 is 1.22 bits per heavy atom. The van der Waals surface area contributed by atoms with Crippen LogP contribution in [0.2, 0.25) is 0 Å². The van der Waals surface area contributed by atoms with Gasteiger partial charge in [-0.25, -0.2) is 0 Å². The van der Waals surface area contributed by atoms with Crippen molar-refractivity contribution < 1.29 is 14.7 Å². The normalized spacial score (nSPS) is 9.39. The maximum absolute atomic E-state index is 8.25. The number of rotatable bonds is 9. The smallest absolute Gasteiger partial charge is 0.0780 e. The molecule has 0 bridgehead atoms. The quantitative estimate of drug-likeness (QED) is 0.289. The van der Waals surface area contributed by atoms with Gasteiger partial charge in [-0.05, 0) is 12.8 Å². The van der Waals surface area contributed by atoms with E-state index in [0.717, 1.165) is 4.48 Å². The summed E-state index contributed by atoms with van der Waals surface area (Å²) in [6.07, 6.45) is 11.4. The second kappa shape index (κ2) is 20.3. The highest BCUT2D eigenvalue weighted by molar-refractivity contribution is 4.45. The minimum Gasteiger partial charge on any atom is -0.369 e. The van der Waals surface area contributed by atoms with Crippen molar-refractivity contribution in [3.63, 3.8) is 0 Å². The van der Waals surface area contributed by atoms with Crippen LogP contribution in [0, 0.1) is 30.6 Å². The van der Waals surface area contributed by atoms with Crippen LogP contribution in [0.3, 0.4) is 0 Å². The van der Waals surface area contributed by atoms with Crippen LogP contribution in [0.1, 0.15) is 58.3 Å². The third kappa shape index (κ3) is 78.5. The van der Waals surface area contributed by atoms with Crippen molar-refractivity contribution in [3.8, 4) is 0 Å². The number of hydrogen-bond donors (Lipinski definition) is 1. The SMILES string of the molecule is CCCCCCCCCC[N+](C)(C)C.O=[N+]([O-])[O-].O=[N+]([O-])[O-].[NH4+]. The molecule has 0 atom stereocenters. The maximum atomic E-state index is 8.25. The van der Waals surface area contributed by atoms with E-state index in [9.17, 15) is 0 Å². The van der Waals surface area contributed by atoms with E-state index in [0.29, 0.717) is 0 Å². The number of unbranched alkanes of at least 4 members (excludes halogenated alkanes) is 7. The second-order valence-corrected chi connectivity index (χ2v) is 5.94. The van der Waals surface area contributed by atoms with Crippen molar-refractivity contribution in [1.82, 2.24) is 6.15 Å². The average Bonchev–Trinajstić information content (AvgIpc) is 2.30. The topological polar surface area (TPSA) is 169 Å². The summed E-state index contributed by atoms with van der Waals surface area (Å²) in [6.45, 7) is 3.61. The minimum atomic E-state index is -1.75. The van der Waals surface area contributed by atoms with Gasteiger partial charge in [0.1, 0.15) is 0 Å². The first-order chi connectivity index (χ1) is 10.0. The Hall–Kier alpha value is -1.68. The molecule has 0 aromatic carbocycles. The Morgan fingerprint density at radius 1 is 0.696 bits per heavy atom. The molecular weight excluding hydrogens is 308 g/mol. The van der Waals surface area contributed by atoms with Crippen LogP contribution in [-0.2, 0) is 0 Å². The van der Waals surface area contributed by atoms with E-state index in [1.165, 1.54) is 57.9 Å². The van der Waals surface area contributed by atoms with Crippen molar-refractivity contribution >= 4 is 0 Å². The van der Waals surface area contributed by atoms with Gasteiger partial charge in [-0.1, -0.05) is 45.4 Å². The monoisotopic (exact) mass is 342 g/mol. The molecule has 0 spiro atoms. The Bertz CT molecular complexity index is 252. The first-order valence-corrected chi connectivity index (χ1v) is 7.46. The van der Waals surface area contributed by atoms with Gasteiger partial charge in [-0.3, -0.25) is 0 Å². The molecule has 0 aliphatic rings. The van der Waals surface area contributed by atoms with Gasteiger partial charge in [-0.2, -0.15) is 0 Å². The van der Waals surface area contributed by atoms with Crippen LogP contribution in [-0.4, -0.2) is 42.3 Å². The molecule has 0 unspecified atom stereocenters. The summed E-state index contributed by atoms with van der Waals surface area (Å²) in [7, 11) is 6.84. The number of hydrogen-bond acceptors (Lipinski definition) is 6. The third-order valence-electron chi connectivity index (χ3n) is 2.68. The van der Waals surface area contributed by atoms with Gasteiger partial charge >= 0.3 is 0 Å². The van der Waals surface area contributed by atoms with Gasteiger partial charge in [0, 0.05) is 0 Å². The average molecular weight is 342 g/mol. The fourth-order valence-corrected chi connectivity index (χ4v) is 1.72. The molecule has 0 aromatic rings. The van der Waals surface area contributed by atoms with Crippen molar-refractivity contribution in [2.75, 3.05) is 27.7 Å². The maximum Gasteiger partial charge on any atom is 0.0780 e. The molecule has 10 heteroatoms. The lowest BCUT2D eigenvalue weighted by atomic mass is 10.1. The molecule has 0 rings (SSSR count). The lowest BCUT2D eigenvalue weighted by Gasteiger charge is -2.23. The van der Waals surface area contributed by atoms with E-state index in [1.807, 2.05) is 0 Å². The molecule has 0 aromatic heterocycles. The predicted octanol–water partition coefficient (Wildman–Crippen LogP) is 3.73. The van der Waals surface area contributed by atoms with Crippen molar-refractivity contribution in [1.29, 1.82) is 0 Å². The van der Waals surface area contributed by atoms with Crippen LogP contribution in [0.5, 0.6) is 0 Å². The molecule has 0 heterocycles. The molecule has 0 amide bonds. The Morgan fingerprint density at radius 2 is 0.957 bits per heavy atom. The minimum absolute atomic E-state index is 0. The standard InChI is InChI=1S/C13H30N.2NO3.H3N/c1-5-6-7-8-9-10-11-12-13-14(2,3)4;2*2-1(3)4;/h5-13H2,1-4H3;;;1H3/q+1;2*-1;/p+1. The van der Waals surface area contributed by atoms with Crippen molar-refractivity contribution in [2.24, 2.45) is 0 Å². The fraction of sp³-hybridized carbons (Fsp3) is 1.00. The van der Waals surface area contributed by atoms with E-state index < -0.39 is 10.2 Å². The summed E-state index contributed by atoms with van der Waals surface area (Å²) in [5.74, 6) is 0. The molecule has 142 valence electrons. The second-order valence-electron chi connectivity index (χ2n) is 5.94. The zero-order chi connectivity index (χ0) is 18.0. The molecule has 10 nitrogen and oxygen atoms in total. The number of quaternary nitrogens is 2. The first kappa shape index (κ1) is 29.3. The van der Waals surface area contributed by atoms with E-state index in [2.05, 4.69) is 28.1 Å². The molecule has 0 saturated carbocycles. The first-order valence-electron chi connectivity index (χ1n) is 7.46. The van der Waals surface area contributed by atoms with Gasteiger partial charge in [0.25, 0.3) is 0 Å². The molecule has 0 radical (unpaired) electrons. The van der Waals surface area contributed by atoms with Crippen LogP contribution >= 0.6 is 0 Å². The predicted molar refractivity (Wildman–Crippen MR) is 92.2 cm³/mol. The summed E-state index contributed by atoms with van der Waals surface area (Å²) in [6, 6.07) is 0. The molecule has 4 N–H and O–H groups in total. The van der Waals surface area contributed by atoms with Crippen LogP contribution in [0.15, 0.2) is 0 Å². The Balaban J connectivity index is -0.000000167. The number of nitrogens with zero attached hydrogens (tertiary/aromatic N) is 3. The van der Waals surface area contributed by atoms with Crippen LogP contribution in [0.4, 0.5) is 0 Å². The van der Waals surface area contributed by atoms with Gasteiger partial charge in [0.2, 0.25) is 0 Å². The summed E-state index contributed by atoms with van der Waals surface area (Å²) in [5.41, 5.74) is 0. The van der Waals surface area contributed by atoms with Gasteiger partial charge in [0.05, 0.1) is 37.9 Å². The molecule has 0 aliphatic heterocycles. The molecule has 0 fully saturated rings. The zero-order valence-corrected chi connectivity index (χ0v) is 15.2. The van der Waals surface area contributed by atoms with E-state index in [1.54, 1.807) is 0 Å². The van der Waals surface area contributed by atoms with E-state index in [4.69, 9.17) is 30.6 Å². The highest BCUT2D eigenvalue weighted by Gasteiger charge is 2.04. The molecule has 23 heavy (non-hydrogen) atoms. The summed E-state index contributed by atoms with van der Waals surface area (Å²) in [5, 5.41) is 29.5. The summed E-state index contributed by atoms with van der Waals surface area (Å²) >= 11 is 0. The fourth-order valence-electron chi connectivity index (χ4n) is 1.72. The Kier molecular flexibility index (Phi) is 25.9. The van der Waals surface area contributed by atoms with Gasteiger partial charge < -0.3 is 41.3 Å². The lowest BCUT2D eigenvalue weighted by molar-refractivity contribution is -0.870. The van der Waals surface area contributed by atoms with Crippen molar-refractivity contribution in [3.05, 3.63) is 30.6 Å². The molecule has 0 saturated heterocycles. The van der Waals surface area contributed by atoms with E-state index in [-0.39, 0.29) is 6.15 Å². The zero-order valence-electron chi connectivity index (χ0n) is 15.2. The molecule has 0 aliphatic carbocycles. The van der Waals surface area contributed by atoms with E-state index >= 15 is 0 Å². The summed E-state index contributed by atoms with van der Waals surface area (Å²) in [4.78, 5) is 16.5.